The molecular formula is C10H9NO4S. The number of benzene rings is 1. The van der Waals surface area contributed by atoms with Gasteiger partial charge in [-0.2, -0.15) is 0 Å². The van der Waals surface area contributed by atoms with Gasteiger partial charge in [-0.15, -0.1) is 11.8 Å². The van der Waals surface area contributed by atoms with Gasteiger partial charge in [0.25, 0.3) is 5.69 Å². The minimum absolute atomic E-state index is 0.0382. The Morgan fingerprint density at radius 3 is 2.81 bits per heavy atom. The van der Waals surface area contributed by atoms with Crippen molar-refractivity contribution in [2.75, 3.05) is 5.75 Å². The van der Waals surface area contributed by atoms with Gasteiger partial charge in [0.1, 0.15) is 0 Å². The van der Waals surface area contributed by atoms with Gasteiger partial charge < -0.3 is 5.11 Å². The monoisotopic (exact) mass is 239 g/mol. The summed E-state index contributed by atoms with van der Waals surface area (Å²) in [5.74, 6) is -0.639. The van der Waals surface area contributed by atoms with E-state index in [4.69, 9.17) is 5.11 Å². The highest BCUT2D eigenvalue weighted by molar-refractivity contribution is 7.99. The second-order valence-corrected chi connectivity index (χ2v) is 3.84. The number of para-hydroxylation sites is 1. The van der Waals surface area contributed by atoms with Crippen LogP contribution >= 0.6 is 11.8 Å². The summed E-state index contributed by atoms with van der Waals surface area (Å²) >= 11 is 1.23. The highest BCUT2D eigenvalue weighted by Crippen LogP contribution is 2.28. The first-order valence-electron chi connectivity index (χ1n) is 4.37. The fourth-order valence-corrected chi connectivity index (χ4v) is 1.85. The molecule has 0 saturated heterocycles. The van der Waals surface area contributed by atoms with Crippen LogP contribution in [-0.2, 0) is 4.79 Å². The van der Waals surface area contributed by atoms with Gasteiger partial charge in [0.15, 0.2) is 0 Å². The molecule has 0 fully saturated rings. The van der Waals surface area contributed by atoms with E-state index in [1.165, 1.54) is 23.9 Å². The lowest BCUT2D eigenvalue weighted by atomic mass is 10.3. The van der Waals surface area contributed by atoms with E-state index in [2.05, 4.69) is 0 Å². The van der Waals surface area contributed by atoms with Crippen molar-refractivity contribution in [3.05, 3.63) is 46.5 Å². The molecule has 0 aromatic heterocycles. The molecule has 0 saturated carbocycles. The van der Waals surface area contributed by atoms with Crippen molar-refractivity contribution >= 4 is 23.4 Å². The van der Waals surface area contributed by atoms with Gasteiger partial charge in [-0.3, -0.25) is 10.1 Å². The zero-order chi connectivity index (χ0) is 12.0. The summed E-state index contributed by atoms with van der Waals surface area (Å²) in [6.07, 6.45) is 2.46. The lowest BCUT2D eigenvalue weighted by molar-refractivity contribution is -0.387. The Morgan fingerprint density at radius 2 is 2.19 bits per heavy atom. The Hall–Kier alpha value is -1.82. The average molecular weight is 239 g/mol. The minimum Gasteiger partial charge on any atom is -0.478 e. The van der Waals surface area contributed by atoms with Crippen molar-refractivity contribution in [3.8, 4) is 0 Å². The van der Waals surface area contributed by atoms with Crippen LogP contribution in [0.15, 0.2) is 41.3 Å². The van der Waals surface area contributed by atoms with E-state index in [0.29, 0.717) is 10.6 Å². The zero-order valence-corrected chi connectivity index (χ0v) is 9.02. The summed E-state index contributed by atoms with van der Waals surface area (Å²) in [5, 5.41) is 19.0. The van der Waals surface area contributed by atoms with Crippen LogP contribution < -0.4 is 0 Å². The van der Waals surface area contributed by atoms with Gasteiger partial charge >= 0.3 is 5.97 Å². The van der Waals surface area contributed by atoms with Crippen LogP contribution in [0.25, 0.3) is 0 Å². The molecule has 0 aliphatic heterocycles. The van der Waals surface area contributed by atoms with Gasteiger partial charge in [0.05, 0.1) is 9.82 Å². The van der Waals surface area contributed by atoms with Crippen molar-refractivity contribution in [1.82, 2.24) is 0 Å². The number of hydrogen-bond acceptors (Lipinski definition) is 4. The molecule has 0 amide bonds. The Morgan fingerprint density at radius 1 is 1.50 bits per heavy atom. The molecule has 1 aromatic carbocycles. The number of carboxylic acids is 1. The molecule has 0 radical (unpaired) electrons. The topological polar surface area (TPSA) is 80.4 Å². The molecule has 0 heterocycles. The first-order valence-corrected chi connectivity index (χ1v) is 5.35. The van der Waals surface area contributed by atoms with Crippen molar-refractivity contribution in [2.45, 2.75) is 4.90 Å². The SMILES string of the molecule is O=C(O)/C=C/CSc1ccccc1[N+](=O)[O-]. The van der Waals surface area contributed by atoms with Crippen LogP contribution in [0.3, 0.4) is 0 Å². The highest BCUT2D eigenvalue weighted by atomic mass is 32.2. The second-order valence-electron chi connectivity index (χ2n) is 2.78. The number of rotatable bonds is 5. The van der Waals surface area contributed by atoms with E-state index in [1.54, 1.807) is 18.2 Å². The molecular weight excluding hydrogens is 230 g/mol. The van der Waals surface area contributed by atoms with E-state index in [1.807, 2.05) is 0 Å². The minimum atomic E-state index is -1.02. The first-order chi connectivity index (χ1) is 7.61. The number of nitrogens with zero attached hydrogens (tertiary/aromatic N) is 1. The first kappa shape index (κ1) is 12.3. The maximum absolute atomic E-state index is 10.6. The summed E-state index contributed by atoms with van der Waals surface area (Å²) < 4.78 is 0. The quantitative estimate of drug-likeness (QED) is 0.369. The van der Waals surface area contributed by atoms with E-state index in [0.717, 1.165) is 6.08 Å². The molecule has 16 heavy (non-hydrogen) atoms. The third kappa shape index (κ3) is 3.74. The molecule has 1 rings (SSSR count). The lowest BCUT2D eigenvalue weighted by Gasteiger charge is -1.99. The van der Waals surface area contributed by atoms with E-state index in [-0.39, 0.29) is 5.69 Å². The standard InChI is InChI=1S/C10H9NO4S/c12-10(13)6-3-7-16-9-5-2-1-4-8(9)11(14)15/h1-6H,7H2,(H,12,13)/b6-3+. The number of carbonyl (C=O) groups is 1. The second kappa shape index (κ2) is 5.92. The van der Waals surface area contributed by atoms with Gasteiger partial charge in [0, 0.05) is 17.9 Å². The van der Waals surface area contributed by atoms with Gasteiger partial charge in [-0.1, -0.05) is 18.2 Å². The molecule has 0 unspecified atom stereocenters. The predicted molar refractivity (Wildman–Crippen MR) is 60.6 cm³/mol. The molecule has 1 aromatic rings. The number of hydrogen-bond donors (Lipinski definition) is 1. The number of nitro benzene ring substituents is 1. The summed E-state index contributed by atoms with van der Waals surface area (Å²) in [6, 6.07) is 6.35. The number of carboxylic acid groups (broad SMARTS) is 1. The van der Waals surface area contributed by atoms with Crippen LogP contribution in [-0.4, -0.2) is 21.8 Å². The Labute approximate surface area is 95.9 Å². The van der Waals surface area contributed by atoms with Crippen molar-refractivity contribution in [1.29, 1.82) is 0 Å². The third-order valence-electron chi connectivity index (χ3n) is 1.66. The molecule has 5 nitrogen and oxygen atoms in total. The predicted octanol–water partition coefficient (Wildman–Crippen LogP) is 2.33. The number of aliphatic carboxylic acids is 1. The molecule has 0 atom stereocenters. The normalized spacial score (nSPS) is 10.5. The molecule has 0 aliphatic carbocycles. The van der Waals surface area contributed by atoms with E-state index >= 15 is 0 Å². The van der Waals surface area contributed by atoms with Crippen molar-refractivity contribution in [2.24, 2.45) is 0 Å². The molecule has 0 aliphatic rings. The largest absolute Gasteiger partial charge is 0.478 e. The van der Waals surface area contributed by atoms with Crippen LogP contribution in [0.5, 0.6) is 0 Å². The molecule has 6 heteroatoms. The van der Waals surface area contributed by atoms with Crippen LogP contribution in [0.4, 0.5) is 5.69 Å². The molecule has 0 spiro atoms. The van der Waals surface area contributed by atoms with Gasteiger partial charge in [-0.05, 0) is 6.07 Å². The summed E-state index contributed by atoms with van der Waals surface area (Å²) in [6.45, 7) is 0. The maximum atomic E-state index is 10.6. The van der Waals surface area contributed by atoms with Crippen LogP contribution in [0.2, 0.25) is 0 Å². The summed E-state index contributed by atoms with van der Waals surface area (Å²) in [5.41, 5.74) is 0.0382. The molecule has 84 valence electrons. The van der Waals surface area contributed by atoms with E-state index < -0.39 is 10.9 Å². The van der Waals surface area contributed by atoms with Crippen LogP contribution in [0, 0.1) is 10.1 Å². The third-order valence-corrected chi connectivity index (χ3v) is 2.67. The fourth-order valence-electron chi connectivity index (χ4n) is 1.02. The van der Waals surface area contributed by atoms with Crippen molar-refractivity contribution in [3.63, 3.8) is 0 Å². The summed E-state index contributed by atoms with van der Waals surface area (Å²) in [4.78, 5) is 20.9. The molecule has 0 bridgehead atoms. The Balaban J connectivity index is 2.67. The van der Waals surface area contributed by atoms with Gasteiger partial charge in [-0.25, -0.2) is 4.79 Å². The van der Waals surface area contributed by atoms with E-state index in [9.17, 15) is 14.9 Å². The summed E-state index contributed by atoms with van der Waals surface area (Å²) in [7, 11) is 0. The Bertz CT molecular complexity index is 431. The van der Waals surface area contributed by atoms with Crippen molar-refractivity contribution < 1.29 is 14.8 Å². The zero-order valence-electron chi connectivity index (χ0n) is 8.20. The number of thioether (sulfide) groups is 1. The Kier molecular flexibility index (Phi) is 4.53. The smallest absolute Gasteiger partial charge is 0.328 e. The van der Waals surface area contributed by atoms with Crippen LogP contribution in [0.1, 0.15) is 0 Å². The fraction of sp³-hybridized carbons (Fsp3) is 0.100. The number of nitro groups is 1. The highest BCUT2D eigenvalue weighted by Gasteiger charge is 2.11. The van der Waals surface area contributed by atoms with Gasteiger partial charge in [0.2, 0.25) is 0 Å². The molecule has 1 N–H and O–H groups in total. The average Bonchev–Trinajstić information content (AvgIpc) is 2.24. The lowest BCUT2D eigenvalue weighted by Crippen LogP contribution is -1.90. The maximum Gasteiger partial charge on any atom is 0.328 e.